The molecular formula is C18H27BrN2O2. The average molecular weight is 383 g/mol. The zero-order valence-electron chi connectivity index (χ0n) is 14.1. The number of likely N-dealkylation sites (tertiary alicyclic amines) is 1. The second kappa shape index (κ2) is 9.28. The molecular weight excluding hydrogens is 356 g/mol. The summed E-state index contributed by atoms with van der Waals surface area (Å²) in [7, 11) is 0. The van der Waals surface area contributed by atoms with E-state index in [9.17, 15) is 4.79 Å². The molecule has 1 N–H and O–H groups in total. The molecule has 4 nitrogen and oxygen atoms in total. The lowest BCUT2D eigenvalue weighted by Crippen LogP contribution is -2.30. The molecule has 128 valence electrons. The number of carbonyl (C=O) groups is 1. The minimum Gasteiger partial charge on any atom is -0.494 e. The Labute approximate surface area is 147 Å². The van der Waals surface area contributed by atoms with Gasteiger partial charge in [-0.3, -0.25) is 9.69 Å². The van der Waals surface area contributed by atoms with Crippen molar-refractivity contribution in [1.29, 1.82) is 0 Å². The predicted octanol–water partition coefficient (Wildman–Crippen LogP) is 3.51. The summed E-state index contributed by atoms with van der Waals surface area (Å²) in [5, 5.41) is 2.86. The Balaban J connectivity index is 1.75. The number of hydrogen-bond acceptors (Lipinski definition) is 3. The fourth-order valence-electron chi connectivity index (χ4n) is 2.82. The predicted molar refractivity (Wildman–Crippen MR) is 97.2 cm³/mol. The molecule has 1 saturated heterocycles. The molecule has 2 rings (SSSR count). The van der Waals surface area contributed by atoms with Crippen molar-refractivity contribution in [2.24, 2.45) is 0 Å². The van der Waals surface area contributed by atoms with Crippen LogP contribution >= 0.6 is 15.9 Å². The van der Waals surface area contributed by atoms with Gasteiger partial charge >= 0.3 is 0 Å². The molecule has 1 fully saturated rings. The van der Waals surface area contributed by atoms with Gasteiger partial charge in [0.25, 0.3) is 0 Å². The standard InChI is InChI=1S/C18H27BrN2O2/c1-14(19)18(22)20-9-6-12-23-17-8-5-7-16(13-17)15(2)21-10-3-4-11-21/h5,7-8,13-15H,3-4,6,9-12H2,1-2H3,(H,20,22). The van der Waals surface area contributed by atoms with Gasteiger partial charge in [-0.1, -0.05) is 28.1 Å². The molecule has 0 bridgehead atoms. The summed E-state index contributed by atoms with van der Waals surface area (Å²) < 4.78 is 5.82. The summed E-state index contributed by atoms with van der Waals surface area (Å²) >= 11 is 3.25. The molecule has 0 saturated carbocycles. The van der Waals surface area contributed by atoms with E-state index in [2.05, 4.69) is 51.3 Å². The van der Waals surface area contributed by atoms with Crippen LogP contribution in [0, 0.1) is 0 Å². The smallest absolute Gasteiger partial charge is 0.233 e. The molecule has 1 heterocycles. The number of halogens is 1. The Kier molecular flexibility index (Phi) is 7.37. The van der Waals surface area contributed by atoms with Crippen LogP contribution in [0.15, 0.2) is 24.3 Å². The van der Waals surface area contributed by atoms with Gasteiger partial charge in [0.1, 0.15) is 5.75 Å². The molecule has 23 heavy (non-hydrogen) atoms. The van der Waals surface area contributed by atoms with Crippen LogP contribution in [0.2, 0.25) is 0 Å². The van der Waals surface area contributed by atoms with Gasteiger partial charge in [0.15, 0.2) is 0 Å². The van der Waals surface area contributed by atoms with Crippen molar-refractivity contribution in [3.8, 4) is 5.75 Å². The minimum atomic E-state index is -0.146. The molecule has 1 amide bonds. The van der Waals surface area contributed by atoms with E-state index in [-0.39, 0.29) is 10.7 Å². The topological polar surface area (TPSA) is 41.6 Å². The minimum absolute atomic E-state index is 0.0198. The first-order valence-electron chi connectivity index (χ1n) is 8.46. The van der Waals surface area contributed by atoms with Crippen molar-refractivity contribution in [2.45, 2.75) is 44.0 Å². The molecule has 0 spiro atoms. The van der Waals surface area contributed by atoms with E-state index in [0.29, 0.717) is 19.2 Å². The van der Waals surface area contributed by atoms with Crippen molar-refractivity contribution < 1.29 is 9.53 Å². The second-order valence-corrected chi connectivity index (χ2v) is 7.47. The highest BCUT2D eigenvalue weighted by molar-refractivity contribution is 9.10. The van der Waals surface area contributed by atoms with Crippen LogP contribution in [-0.4, -0.2) is 41.9 Å². The van der Waals surface area contributed by atoms with Gasteiger partial charge in [0, 0.05) is 12.6 Å². The van der Waals surface area contributed by atoms with Crippen molar-refractivity contribution in [3.63, 3.8) is 0 Å². The van der Waals surface area contributed by atoms with Crippen LogP contribution in [0.25, 0.3) is 0 Å². The molecule has 1 aromatic carbocycles. The summed E-state index contributed by atoms with van der Waals surface area (Å²) in [5.41, 5.74) is 1.31. The van der Waals surface area contributed by atoms with Crippen LogP contribution in [-0.2, 0) is 4.79 Å². The SMILES string of the molecule is CC(Br)C(=O)NCCCOc1cccc(C(C)N2CCCC2)c1. The first-order valence-corrected chi connectivity index (χ1v) is 9.38. The van der Waals surface area contributed by atoms with Crippen LogP contribution in [0.3, 0.4) is 0 Å². The van der Waals surface area contributed by atoms with Crippen LogP contribution < -0.4 is 10.1 Å². The summed E-state index contributed by atoms with van der Waals surface area (Å²) in [5.74, 6) is 0.931. The van der Waals surface area contributed by atoms with E-state index in [4.69, 9.17) is 4.74 Å². The van der Waals surface area contributed by atoms with E-state index in [1.807, 2.05) is 13.0 Å². The van der Waals surface area contributed by atoms with E-state index < -0.39 is 0 Å². The normalized spacial score (nSPS) is 17.7. The number of rotatable bonds is 8. The van der Waals surface area contributed by atoms with Crippen molar-refractivity contribution in [2.75, 3.05) is 26.2 Å². The van der Waals surface area contributed by atoms with Crippen LogP contribution in [0.5, 0.6) is 5.75 Å². The summed E-state index contributed by atoms with van der Waals surface area (Å²) in [6, 6.07) is 8.82. The van der Waals surface area contributed by atoms with Gasteiger partial charge in [-0.2, -0.15) is 0 Å². The largest absolute Gasteiger partial charge is 0.494 e. The van der Waals surface area contributed by atoms with Crippen LogP contribution in [0.4, 0.5) is 0 Å². The van der Waals surface area contributed by atoms with E-state index in [0.717, 1.165) is 12.2 Å². The van der Waals surface area contributed by atoms with Crippen LogP contribution in [0.1, 0.15) is 44.7 Å². The monoisotopic (exact) mass is 382 g/mol. The van der Waals surface area contributed by atoms with Gasteiger partial charge in [-0.15, -0.1) is 0 Å². The third-order valence-corrected chi connectivity index (χ3v) is 4.70. The summed E-state index contributed by atoms with van der Waals surface area (Å²) in [6.07, 6.45) is 3.41. The molecule has 1 aliphatic heterocycles. The quantitative estimate of drug-likeness (QED) is 0.552. The number of hydrogen-bond donors (Lipinski definition) is 1. The molecule has 0 aromatic heterocycles. The Morgan fingerprint density at radius 3 is 2.78 bits per heavy atom. The fraction of sp³-hybridized carbons (Fsp3) is 0.611. The maximum absolute atomic E-state index is 11.4. The summed E-state index contributed by atoms with van der Waals surface area (Å²) in [4.78, 5) is 13.8. The Morgan fingerprint density at radius 2 is 2.09 bits per heavy atom. The maximum atomic E-state index is 11.4. The number of nitrogens with zero attached hydrogens (tertiary/aromatic N) is 1. The number of alkyl halides is 1. The van der Waals surface area contributed by atoms with Crippen molar-refractivity contribution >= 4 is 21.8 Å². The Bertz CT molecular complexity index is 502. The molecule has 5 heteroatoms. The first kappa shape index (κ1) is 18.3. The maximum Gasteiger partial charge on any atom is 0.233 e. The Hall–Kier alpha value is -1.07. The van der Waals surface area contributed by atoms with Crippen molar-refractivity contribution in [3.05, 3.63) is 29.8 Å². The third-order valence-electron chi connectivity index (χ3n) is 4.28. The van der Waals surface area contributed by atoms with Gasteiger partial charge in [0.05, 0.1) is 11.4 Å². The highest BCUT2D eigenvalue weighted by atomic mass is 79.9. The molecule has 0 aliphatic carbocycles. The van der Waals surface area contributed by atoms with E-state index >= 15 is 0 Å². The van der Waals surface area contributed by atoms with E-state index in [1.165, 1.54) is 31.5 Å². The molecule has 1 aromatic rings. The lowest BCUT2D eigenvalue weighted by Gasteiger charge is -2.24. The fourth-order valence-corrected chi connectivity index (χ4v) is 2.98. The second-order valence-electron chi connectivity index (χ2n) is 6.10. The lowest BCUT2D eigenvalue weighted by atomic mass is 10.1. The summed E-state index contributed by atoms with van der Waals surface area (Å²) in [6.45, 7) is 7.72. The molecule has 1 aliphatic rings. The van der Waals surface area contributed by atoms with Gasteiger partial charge in [-0.05, 0) is 63.9 Å². The highest BCUT2D eigenvalue weighted by Gasteiger charge is 2.19. The zero-order chi connectivity index (χ0) is 16.7. The van der Waals surface area contributed by atoms with Crippen molar-refractivity contribution in [1.82, 2.24) is 10.2 Å². The molecule has 2 atom stereocenters. The average Bonchev–Trinajstić information content (AvgIpc) is 3.08. The third kappa shape index (κ3) is 5.81. The number of ether oxygens (including phenoxy) is 1. The first-order chi connectivity index (χ1) is 11.1. The molecule has 0 radical (unpaired) electrons. The van der Waals surface area contributed by atoms with Gasteiger partial charge in [-0.25, -0.2) is 0 Å². The Morgan fingerprint density at radius 1 is 1.35 bits per heavy atom. The number of benzene rings is 1. The zero-order valence-corrected chi connectivity index (χ0v) is 15.6. The number of carbonyl (C=O) groups excluding carboxylic acids is 1. The number of amides is 1. The lowest BCUT2D eigenvalue weighted by molar-refractivity contribution is -0.120. The number of nitrogens with one attached hydrogen (secondary N) is 1. The molecule has 2 unspecified atom stereocenters. The van der Waals surface area contributed by atoms with Gasteiger partial charge in [0.2, 0.25) is 5.91 Å². The highest BCUT2D eigenvalue weighted by Crippen LogP contribution is 2.26. The van der Waals surface area contributed by atoms with Gasteiger partial charge < -0.3 is 10.1 Å². The van der Waals surface area contributed by atoms with E-state index in [1.54, 1.807) is 0 Å².